The van der Waals surface area contributed by atoms with Gasteiger partial charge >= 0.3 is 0 Å². The van der Waals surface area contributed by atoms with Crippen LogP contribution in [0.25, 0.3) is 0 Å². The first-order valence-electron chi connectivity index (χ1n) is 7.92. The van der Waals surface area contributed by atoms with E-state index in [2.05, 4.69) is 67.0 Å². The molecule has 8 heteroatoms. The zero-order chi connectivity index (χ0) is 16.8. The average molecular weight is 421 g/mol. The van der Waals surface area contributed by atoms with Crippen molar-refractivity contribution < 1.29 is 21.5 Å². The summed E-state index contributed by atoms with van der Waals surface area (Å²) in [6, 6.07) is 8.17. The Morgan fingerprint density at radius 2 is 2.04 bits per heavy atom. The first-order valence-corrected chi connectivity index (χ1v) is 8.80. The lowest BCUT2D eigenvalue weighted by Gasteiger charge is -2.22. The molecular formula is C17H21BrN6S. The van der Waals surface area contributed by atoms with E-state index in [-0.39, 0.29) is 17.0 Å². The van der Waals surface area contributed by atoms with Crippen LogP contribution in [0.2, 0.25) is 0 Å². The van der Waals surface area contributed by atoms with Crippen molar-refractivity contribution in [1.82, 2.24) is 9.55 Å². The summed E-state index contributed by atoms with van der Waals surface area (Å²) in [5, 5.41) is 10.9. The van der Waals surface area contributed by atoms with Crippen LogP contribution in [0.15, 0.2) is 64.8 Å². The number of nitrogens with zero attached hydrogens (tertiary/aromatic N) is 6. The van der Waals surface area contributed by atoms with E-state index in [0.717, 1.165) is 25.3 Å². The lowest BCUT2D eigenvalue weighted by Crippen LogP contribution is -3.00. The molecule has 25 heavy (non-hydrogen) atoms. The van der Waals surface area contributed by atoms with Crippen molar-refractivity contribution in [2.75, 3.05) is 18.0 Å². The topological polar surface area (TPSA) is 49.7 Å². The highest BCUT2D eigenvalue weighted by molar-refractivity contribution is 7.13. The van der Waals surface area contributed by atoms with Gasteiger partial charge in [0, 0.05) is 23.8 Å². The number of imidazole rings is 1. The van der Waals surface area contributed by atoms with Crippen LogP contribution in [-0.2, 0) is 13.6 Å². The minimum Gasteiger partial charge on any atom is -1.00 e. The molecule has 132 valence electrons. The maximum atomic E-state index is 4.22. The standard InChI is InChI=1S/C17H21N6S.BrH/c1-3-23(12-11-22-10-9-21(2)14-22)16-6-4-15(5-7-16)19-20-17-18-8-13-24-17;/h4-10,13-14H,3,11-12H2,1-2H3;1H/q+1;/p-1/b20-19+;. The summed E-state index contributed by atoms with van der Waals surface area (Å²) in [4.78, 5) is 6.44. The van der Waals surface area contributed by atoms with Crippen LogP contribution in [0.4, 0.5) is 16.5 Å². The van der Waals surface area contributed by atoms with E-state index in [1.54, 1.807) is 6.20 Å². The molecule has 0 fully saturated rings. The molecule has 0 aliphatic heterocycles. The molecule has 6 nitrogen and oxygen atoms in total. The Morgan fingerprint density at radius 3 is 2.64 bits per heavy atom. The number of aryl methyl sites for hydroxylation is 1. The molecule has 0 aliphatic rings. The van der Waals surface area contributed by atoms with Crippen LogP contribution in [0.5, 0.6) is 0 Å². The maximum absolute atomic E-state index is 4.22. The van der Waals surface area contributed by atoms with Gasteiger partial charge in [-0.25, -0.2) is 14.1 Å². The van der Waals surface area contributed by atoms with Crippen LogP contribution in [-0.4, -0.2) is 22.6 Å². The SMILES string of the molecule is CCN(CCn1cc[n+](C)c1)c1ccc(/N=N/c2nccs2)cc1.[Br-]. The van der Waals surface area contributed by atoms with Crippen LogP contribution >= 0.6 is 11.3 Å². The van der Waals surface area contributed by atoms with Gasteiger partial charge in [-0.1, -0.05) is 0 Å². The maximum Gasteiger partial charge on any atom is 0.243 e. The molecule has 0 aliphatic carbocycles. The second kappa shape index (κ2) is 9.43. The highest BCUT2D eigenvalue weighted by Crippen LogP contribution is 2.23. The van der Waals surface area contributed by atoms with Gasteiger partial charge in [0.1, 0.15) is 18.9 Å². The number of aromatic nitrogens is 3. The van der Waals surface area contributed by atoms with Crippen molar-refractivity contribution in [2.24, 2.45) is 17.3 Å². The third-order valence-corrected chi connectivity index (χ3v) is 4.37. The fourth-order valence-corrected chi connectivity index (χ4v) is 2.89. The second-order valence-corrected chi connectivity index (χ2v) is 6.30. The van der Waals surface area contributed by atoms with E-state index in [1.807, 2.05) is 24.6 Å². The molecule has 0 amide bonds. The number of thiazole rings is 1. The van der Waals surface area contributed by atoms with E-state index in [4.69, 9.17) is 0 Å². The first-order chi connectivity index (χ1) is 11.7. The largest absolute Gasteiger partial charge is 1.00 e. The minimum absolute atomic E-state index is 0. The third-order valence-electron chi connectivity index (χ3n) is 3.72. The molecule has 3 rings (SSSR count). The zero-order valence-electron chi connectivity index (χ0n) is 14.3. The summed E-state index contributed by atoms with van der Waals surface area (Å²) >= 11 is 1.48. The summed E-state index contributed by atoms with van der Waals surface area (Å²) in [6.45, 7) is 5.06. The van der Waals surface area contributed by atoms with Crippen molar-refractivity contribution in [1.29, 1.82) is 0 Å². The molecule has 0 bridgehead atoms. The molecule has 0 atom stereocenters. The van der Waals surface area contributed by atoms with Gasteiger partial charge in [-0.3, -0.25) is 0 Å². The van der Waals surface area contributed by atoms with Gasteiger partial charge in [0.05, 0.1) is 19.3 Å². The van der Waals surface area contributed by atoms with Gasteiger partial charge in [-0.2, -0.15) is 0 Å². The van der Waals surface area contributed by atoms with Gasteiger partial charge in [0.2, 0.25) is 11.5 Å². The van der Waals surface area contributed by atoms with E-state index < -0.39 is 0 Å². The van der Waals surface area contributed by atoms with Gasteiger partial charge in [0.15, 0.2) is 0 Å². The van der Waals surface area contributed by atoms with Crippen molar-refractivity contribution in [3.63, 3.8) is 0 Å². The summed E-state index contributed by atoms with van der Waals surface area (Å²) in [6.07, 6.45) is 7.97. The number of halogens is 1. The smallest absolute Gasteiger partial charge is 0.243 e. The number of anilines is 1. The van der Waals surface area contributed by atoms with E-state index in [1.165, 1.54) is 17.0 Å². The Morgan fingerprint density at radius 1 is 1.24 bits per heavy atom. The molecule has 0 unspecified atom stereocenters. The monoisotopic (exact) mass is 420 g/mol. The number of benzene rings is 1. The normalized spacial score (nSPS) is 10.8. The Kier molecular flexibility index (Phi) is 7.27. The molecule has 1 aromatic carbocycles. The van der Waals surface area contributed by atoms with Crippen molar-refractivity contribution >= 4 is 27.8 Å². The van der Waals surface area contributed by atoms with Crippen molar-refractivity contribution in [2.45, 2.75) is 13.5 Å². The number of azo groups is 1. The fourth-order valence-electron chi connectivity index (χ4n) is 2.44. The summed E-state index contributed by atoms with van der Waals surface area (Å²) < 4.78 is 4.25. The molecule has 0 saturated carbocycles. The quantitative estimate of drug-likeness (QED) is 0.417. The summed E-state index contributed by atoms with van der Waals surface area (Å²) in [5.41, 5.74) is 2.03. The Balaban J connectivity index is 0.00000225. The van der Waals surface area contributed by atoms with Gasteiger partial charge in [-0.15, -0.1) is 21.6 Å². The highest BCUT2D eigenvalue weighted by Gasteiger charge is 2.07. The summed E-state index contributed by atoms with van der Waals surface area (Å²) in [7, 11) is 2.03. The lowest BCUT2D eigenvalue weighted by atomic mass is 10.2. The van der Waals surface area contributed by atoms with E-state index in [0.29, 0.717) is 5.13 Å². The highest BCUT2D eigenvalue weighted by atomic mass is 79.9. The molecule has 2 heterocycles. The fraction of sp³-hybridized carbons (Fsp3) is 0.294. The van der Waals surface area contributed by atoms with Crippen LogP contribution < -0.4 is 26.4 Å². The number of hydrogen-bond acceptors (Lipinski definition) is 5. The predicted octanol–water partition coefficient (Wildman–Crippen LogP) is 0.715. The third kappa shape index (κ3) is 5.47. The van der Waals surface area contributed by atoms with E-state index >= 15 is 0 Å². The van der Waals surface area contributed by atoms with Crippen LogP contribution in [0.1, 0.15) is 6.92 Å². The van der Waals surface area contributed by atoms with Crippen LogP contribution in [0.3, 0.4) is 0 Å². The zero-order valence-corrected chi connectivity index (χ0v) is 16.7. The van der Waals surface area contributed by atoms with Crippen LogP contribution in [0, 0.1) is 0 Å². The predicted molar refractivity (Wildman–Crippen MR) is 96.2 cm³/mol. The molecule has 3 aromatic rings. The van der Waals surface area contributed by atoms with Gasteiger partial charge in [0.25, 0.3) is 0 Å². The molecule has 2 aromatic heterocycles. The number of likely N-dealkylation sites (N-methyl/N-ethyl adjacent to an activating group) is 1. The van der Waals surface area contributed by atoms with E-state index in [9.17, 15) is 0 Å². The molecule has 0 radical (unpaired) electrons. The second-order valence-electron chi connectivity index (χ2n) is 5.43. The van der Waals surface area contributed by atoms with Gasteiger partial charge < -0.3 is 21.9 Å². The molecule has 0 N–H and O–H groups in total. The number of hydrogen-bond donors (Lipinski definition) is 0. The first kappa shape index (κ1) is 19.3. The van der Waals surface area contributed by atoms with Crippen molar-refractivity contribution in [3.8, 4) is 0 Å². The average Bonchev–Trinajstić information content (AvgIpc) is 3.26. The summed E-state index contributed by atoms with van der Waals surface area (Å²) in [5.74, 6) is 0. The lowest BCUT2D eigenvalue weighted by molar-refractivity contribution is -0.671. The minimum atomic E-state index is 0. The Hall–Kier alpha value is -2.06. The Labute approximate surface area is 162 Å². The Bertz CT molecular complexity index is 782. The van der Waals surface area contributed by atoms with Crippen molar-refractivity contribution in [3.05, 3.63) is 54.6 Å². The molecule has 0 spiro atoms. The number of rotatable bonds is 7. The molecular weight excluding hydrogens is 400 g/mol. The molecule has 0 saturated heterocycles. The van der Waals surface area contributed by atoms with Gasteiger partial charge in [-0.05, 0) is 31.2 Å².